The van der Waals surface area contributed by atoms with Crippen LogP contribution in [0.25, 0.3) is 10.2 Å². The largest absolute Gasteiger partial charge is 0.347 e. The van der Waals surface area contributed by atoms with Gasteiger partial charge in [0, 0.05) is 17.8 Å². The zero-order valence-electron chi connectivity index (χ0n) is 15.6. The van der Waals surface area contributed by atoms with Crippen molar-refractivity contribution in [2.45, 2.75) is 53.0 Å². The molecule has 0 spiro atoms. The van der Waals surface area contributed by atoms with Gasteiger partial charge in [0.1, 0.15) is 10.7 Å². The lowest BCUT2D eigenvalue weighted by atomic mass is 10.1. The van der Waals surface area contributed by atoms with Crippen molar-refractivity contribution < 1.29 is 4.79 Å². The molecule has 0 aliphatic heterocycles. The Balaban J connectivity index is 1.60. The number of nitrogens with zero attached hydrogens (tertiary/aromatic N) is 2. The zero-order valence-corrected chi connectivity index (χ0v) is 16.5. The van der Waals surface area contributed by atoms with E-state index in [0.717, 1.165) is 37.7 Å². The summed E-state index contributed by atoms with van der Waals surface area (Å²) in [5.41, 5.74) is 5.56. The molecular weight excluding hydrogens is 342 g/mol. The minimum Gasteiger partial charge on any atom is -0.347 e. The van der Waals surface area contributed by atoms with Crippen molar-refractivity contribution in [2.24, 2.45) is 0 Å². The first-order chi connectivity index (χ1) is 12.4. The molecule has 0 radical (unpaired) electrons. The van der Waals surface area contributed by atoms with Crippen molar-refractivity contribution in [3.8, 4) is 0 Å². The van der Waals surface area contributed by atoms with Gasteiger partial charge in [0.2, 0.25) is 0 Å². The highest BCUT2D eigenvalue weighted by atomic mass is 32.1. The topological polar surface area (TPSA) is 54.9 Å². The molecule has 1 N–H and O–H groups in total. The molecular formula is C21H23N3OS. The number of benzene rings is 1. The summed E-state index contributed by atoms with van der Waals surface area (Å²) in [5, 5.41) is 4.11. The predicted octanol–water partition coefficient (Wildman–Crippen LogP) is 4.73. The number of rotatable bonds is 4. The standard InChI is InChI=1S/C21H23N3OS/c1-11-5-6-16(12(2)9-11)10-22-20(25)18-13(3)17-14(4)23-19(15-7-8-15)24-21(17)26-18/h5-6,9,15H,7-8,10H2,1-4H3,(H,22,25). The molecule has 1 amide bonds. The number of hydrogen-bond donors (Lipinski definition) is 1. The Morgan fingerprint density at radius 1 is 1.19 bits per heavy atom. The number of amides is 1. The van der Waals surface area contributed by atoms with Crippen LogP contribution in [0.4, 0.5) is 0 Å². The number of hydrogen-bond acceptors (Lipinski definition) is 4. The van der Waals surface area contributed by atoms with Crippen LogP contribution in [0.3, 0.4) is 0 Å². The first-order valence-corrected chi connectivity index (χ1v) is 9.87. The van der Waals surface area contributed by atoms with E-state index in [2.05, 4.69) is 42.3 Å². The third-order valence-electron chi connectivity index (χ3n) is 5.07. The number of aryl methyl sites for hydroxylation is 4. The van der Waals surface area contributed by atoms with Gasteiger partial charge in [0.05, 0.1) is 10.6 Å². The predicted molar refractivity (Wildman–Crippen MR) is 106 cm³/mol. The number of carbonyl (C=O) groups is 1. The summed E-state index contributed by atoms with van der Waals surface area (Å²) in [6, 6.07) is 6.31. The Morgan fingerprint density at radius 2 is 1.96 bits per heavy atom. The first kappa shape index (κ1) is 17.2. The molecule has 1 saturated carbocycles. The Kier molecular flexibility index (Phi) is 4.27. The van der Waals surface area contributed by atoms with Gasteiger partial charge in [-0.1, -0.05) is 23.8 Å². The first-order valence-electron chi connectivity index (χ1n) is 9.06. The lowest BCUT2D eigenvalue weighted by Gasteiger charge is -2.08. The van der Waals surface area contributed by atoms with Crippen molar-refractivity contribution in [1.29, 1.82) is 0 Å². The molecule has 0 unspecified atom stereocenters. The normalized spacial score (nSPS) is 14.0. The fourth-order valence-corrected chi connectivity index (χ4v) is 4.56. The highest BCUT2D eigenvalue weighted by molar-refractivity contribution is 7.20. The summed E-state index contributed by atoms with van der Waals surface area (Å²) in [7, 11) is 0. The van der Waals surface area contributed by atoms with Gasteiger partial charge >= 0.3 is 0 Å². The lowest BCUT2D eigenvalue weighted by molar-refractivity contribution is 0.0954. The van der Waals surface area contributed by atoms with E-state index in [9.17, 15) is 4.79 Å². The average Bonchev–Trinajstić information content (AvgIpc) is 3.38. The molecule has 2 heterocycles. The number of fused-ring (bicyclic) bond motifs is 1. The van der Waals surface area contributed by atoms with Crippen LogP contribution in [0.2, 0.25) is 0 Å². The molecule has 26 heavy (non-hydrogen) atoms. The summed E-state index contributed by atoms with van der Waals surface area (Å²) in [5.74, 6) is 1.43. The highest BCUT2D eigenvalue weighted by Gasteiger charge is 2.28. The SMILES string of the molecule is Cc1ccc(CNC(=O)c2sc3nc(C4CC4)nc(C)c3c2C)c(C)c1. The van der Waals surface area contributed by atoms with Crippen LogP contribution < -0.4 is 5.32 Å². The van der Waals surface area contributed by atoms with Crippen molar-refractivity contribution in [2.75, 3.05) is 0 Å². The molecule has 1 aliphatic rings. The molecule has 4 rings (SSSR count). The van der Waals surface area contributed by atoms with E-state index in [4.69, 9.17) is 4.98 Å². The smallest absolute Gasteiger partial charge is 0.261 e. The van der Waals surface area contributed by atoms with Crippen LogP contribution in [0.5, 0.6) is 0 Å². The Bertz CT molecular complexity index is 1020. The molecule has 0 saturated heterocycles. The van der Waals surface area contributed by atoms with Gasteiger partial charge in [-0.2, -0.15) is 0 Å². The third-order valence-corrected chi connectivity index (χ3v) is 6.26. The maximum absolute atomic E-state index is 12.8. The summed E-state index contributed by atoms with van der Waals surface area (Å²) >= 11 is 1.48. The van der Waals surface area contributed by atoms with E-state index in [-0.39, 0.29) is 5.91 Å². The number of aromatic nitrogens is 2. The van der Waals surface area contributed by atoms with Crippen LogP contribution >= 0.6 is 11.3 Å². The summed E-state index contributed by atoms with van der Waals surface area (Å²) in [6.45, 7) is 8.72. The Morgan fingerprint density at radius 3 is 2.65 bits per heavy atom. The maximum Gasteiger partial charge on any atom is 0.261 e. The van der Waals surface area contributed by atoms with Crippen LogP contribution in [0, 0.1) is 27.7 Å². The third kappa shape index (κ3) is 3.12. The average molecular weight is 366 g/mol. The molecule has 134 valence electrons. The Labute approximate surface area is 157 Å². The van der Waals surface area contributed by atoms with Crippen molar-refractivity contribution in [3.05, 3.63) is 56.8 Å². The highest BCUT2D eigenvalue weighted by Crippen LogP contribution is 2.40. The van der Waals surface area contributed by atoms with Crippen LogP contribution in [-0.4, -0.2) is 15.9 Å². The van der Waals surface area contributed by atoms with Crippen molar-refractivity contribution in [1.82, 2.24) is 15.3 Å². The summed E-state index contributed by atoms with van der Waals surface area (Å²) in [6.07, 6.45) is 2.36. The van der Waals surface area contributed by atoms with Gasteiger partial charge in [-0.25, -0.2) is 9.97 Å². The summed E-state index contributed by atoms with van der Waals surface area (Å²) in [4.78, 5) is 23.9. The van der Waals surface area contributed by atoms with Crippen molar-refractivity contribution >= 4 is 27.5 Å². The molecule has 2 aromatic heterocycles. The van der Waals surface area contributed by atoms with Gasteiger partial charge in [0.25, 0.3) is 5.91 Å². The second-order valence-electron chi connectivity index (χ2n) is 7.29. The van der Waals surface area contributed by atoms with Gasteiger partial charge in [-0.05, 0) is 57.2 Å². The van der Waals surface area contributed by atoms with Crippen LogP contribution in [-0.2, 0) is 6.54 Å². The lowest BCUT2D eigenvalue weighted by Crippen LogP contribution is -2.22. The molecule has 5 heteroatoms. The van der Waals surface area contributed by atoms with E-state index in [1.807, 2.05) is 13.8 Å². The molecule has 0 bridgehead atoms. The number of nitrogens with one attached hydrogen (secondary N) is 1. The monoisotopic (exact) mass is 365 g/mol. The molecule has 1 aliphatic carbocycles. The molecule has 0 atom stereocenters. The fourth-order valence-electron chi connectivity index (χ4n) is 3.40. The van der Waals surface area contributed by atoms with Gasteiger partial charge < -0.3 is 5.32 Å². The molecule has 4 nitrogen and oxygen atoms in total. The minimum absolute atomic E-state index is 0.0298. The van der Waals surface area contributed by atoms with Crippen molar-refractivity contribution in [3.63, 3.8) is 0 Å². The molecule has 1 fully saturated rings. The van der Waals surface area contributed by atoms with Gasteiger partial charge in [-0.3, -0.25) is 4.79 Å². The number of thiophene rings is 1. The minimum atomic E-state index is -0.0298. The van der Waals surface area contributed by atoms with Gasteiger partial charge in [-0.15, -0.1) is 11.3 Å². The number of carbonyl (C=O) groups excluding carboxylic acids is 1. The van der Waals surface area contributed by atoms with E-state index in [1.54, 1.807) is 0 Å². The quantitative estimate of drug-likeness (QED) is 0.727. The zero-order chi connectivity index (χ0) is 18.4. The second-order valence-corrected chi connectivity index (χ2v) is 8.29. The van der Waals surface area contributed by atoms with Gasteiger partial charge in [0.15, 0.2) is 0 Å². The Hall–Kier alpha value is -2.27. The van der Waals surface area contributed by atoms with E-state index >= 15 is 0 Å². The van der Waals surface area contributed by atoms with E-state index in [0.29, 0.717) is 12.5 Å². The maximum atomic E-state index is 12.8. The summed E-state index contributed by atoms with van der Waals surface area (Å²) < 4.78 is 0. The second kappa shape index (κ2) is 6.47. The van der Waals surface area contributed by atoms with E-state index in [1.165, 1.54) is 35.3 Å². The van der Waals surface area contributed by atoms with Crippen LogP contribution in [0.15, 0.2) is 18.2 Å². The molecule has 1 aromatic carbocycles. The van der Waals surface area contributed by atoms with Crippen LogP contribution in [0.1, 0.15) is 62.2 Å². The molecule has 3 aromatic rings. The fraction of sp³-hybridized carbons (Fsp3) is 0.381. The van der Waals surface area contributed by atoms with E-state index < -0.39 is 0 Å².